The fraction of sp³-hybridized carbons (Fsp3) is 0.300. The zero-order chi connectivity index (χ0) is 10.8. The molecule has 0 saturated heterocycles. The average Bonchev–Trinajstić information content (AvgIpc) is 2.08. The van der Waals surface area contributed by atoms with E-state index in [1.807, 2.05) is 24.3 Å². The topological polar surface area (TPSA) is 63.3 Å². The summed E-state index contributed by atoms with van der Waals surface area (Å²) in [6.45, 7) is 1.51. The van der Waals surface area contributed by atoms with E-state index in [1.165, 1.54) is 6.92 Å². The SMILES string of the molecule is C[C@@](N)(Cc1ccc(Br)cc1)C(=O)O. The molecule has 0 spiro atoms. The van der Waals surface area contributed by atoms with Gasteiger partial charge in [-0.05, 0) is 24.6 Å². The number of carbonyl (C=O) groups is 1. The summed E-state index contributed by atoms with van der Waals surface area (Å²) in [6, 6.07) is 7.46. The smallest absolute Gasteiger partial charge is 0.323 e. The first kappa shape index (κ1) is 11.2. The highest BCUT2D eigenvalue weighted by molar-refractivity contribution is 9.10. The van der Waals surface area contributed by atoms with Gasteiger partial charge in [-0.3, -0.25) is 4.79 Å². The summed E-state index contributed by atoms with van der Waals surface area (Å²) < 4.78 is 0.968. The van der Waals surface area contributed by atoms with Gasteiger partial charge in [-0.2, -0.15) is 0 Å². The van der Waals surface area contributed by atoms with Crippen LogP contribution in [-0.4, -0.2) is 16.6 Å². The van der Waals surface area contributed by atoms with Crippen molar-refractivity contribution in [2.45, 2.75) is 18.9 Å². The van der Waals surface area contributed by atoms with Crippen LogP contribution in [0, 0.1) is 0 Å². The van der Waals surface area contributed by atoms with E-state index in [9.17, 15) is 4.79 Å². The van der Waals surface area contributed by atoms with Gasteiger partial charge in [0.1, 0.15) is 5.54 Å². The molecule has 0 bridgehead atoms. The van der Waals surface area contributed by atoms with Crippen molar-refractivity contribution >= 4 is 21.9 Å². The summed E-state index contributed by atoms with van der Waals surface area (Å²) in [5.74, 6) is -0.986. The molecule has 3 N–H and O–H groups in total. The Balaban J connectivity index is 2.79. The molecular formula is C10H12BrNO2. The molecule has 76 valence electrons. The van der Waals surface area contributed by atoms with Crippen molar-refractivity contribution in [2.24, 2.45) is 5.73 Å². The lowest BCUT2D eigenvalue weighted by Crippen LogP contribution is -2.46. The van der Waals surface area contributed by atoms with Crippen LogP contribution in [-0.2, 0) is 11.2 Å². The highest BCUT2D eigenvalue weighted by Crippen LogP contribution is 2.15. The molecular weight excluding hydrogens is 246 g/mol. The lowest BCUT2D eigenvalue weighted by Gasteiger charge is -2.18. The molecule has 3 nitrogen and oxygen atoms in total. The number of benzene rings is 1. The molecule has 1 aromatic carbocycles. The van der Waals surface area contributed by atoms with Crippen molar-refractivity contribution in [3.63, 3.8) is 0 Å². The van der Waals surface area contributed by atoms with Gasteiger partial charge in [0.2, 0.25) is 0 Å². The van der Waals surface area contributed by atoms with Crippen molar-refractivity contribution in [3.8, 4) is 0 Å². The summed E-state index contributed by atoms with van der Waals surface area (Å²) in [5, 5.41) is 8.82. The first-order valence-corrected chi connectivity index (χ1v) is 4.98. The van der Waals surface area contributed by atoms with Gasteiger partial charge in [-0.25, -0.2) is 0 Å². The van der Waals surface area contributed by atoms with Crippen LogP contribution in [0.2, 0.25) is 0 Å². The Hall–Kier alpha value is -0.870. The van der Waals surface area contributed by atoms with Crippen LogP contribution in [0.15, 0.2) is 28.7 Å². The second-order valence-corrected chi connectivity index (χ2v) is 4.44. The maximum absolute atomic E-state index is 10.8. The number of hydrogen-bond donors (Lipinski definition) is 2. The third-order valence-corrected chi connectivity index (χ3v) is 2.50. The summed E-state index contributed by atoms with van der Waals surface area (Å²) in [6.07, 6.45) is 0.329. The van der Waals surface area contributed by atoms with E-state index in [2.05, 4.69) is 15.9 Å². The molecule has 0 unspecified atom stereocenters. The predicted octanol–water partition coefficient (Wildman–Crippen LogP) is 1.79. The standard InChI is InChI=1S/C10H12BrNO2/c1-10(12,9(13)14)6-7-2-4-8(11)5-3-7/h2-5H,6,12H2,1H3,(H,13,14)/t10-/m1/s1. The molecule has 4 heteroatoms. The molecule has 0 radical (unpaired) electrons. The molecule has 0 aromatic heterocycles. The first-order chi connectivity index (χ1) is 6.42. The van der Waals surface area contributed by atoms with Crippen LogP contribution in [0.25, 0.3) is 0 Å². The van der Waals surface area contributed by atoms with Gasteiger partial charge in [-0.1, -0.05) is 28.1 Å². The largest absolute Gasteiger partial charge is 0.480 e. The maximum atomic E-state index is 10.8. The van der Waals surface area contributed by atoms with Crippen molar-refractivity contribution in [2.75, 3.05) is 0 Å². The van der Waals surface area contributed by atoms with Gasteiger partial charge in [-0.15, -0.1) is 0 Å². The summed E-state index contributed by atoms with van der Waals surface area (Å²) in [7, 11) is 0. The van der Waals surface area contributed by atoms with Crippen LogP contribution in [0.5, 0.6) is 0 Å². The van der Waals surface area contributed by atoms with Crippen LogP contribution < -0.4 is 5.73 Å². The van der Waals surface area contributed by atoms with Crippen LogP contribution in [0.1, 0.15) is 12.5 Å². The van der Waals surface area contributed by atoms with Crippen LogP contribution in [0.3, 0.4) is 0 Å². The Morgan fingerprint density at radius 1 is 1.50 bits per heavy atom. The average molecular weight is 258 g/mol. The van der Waals surface area contributed by atoms with Gasteiger partial charge >= 0.3 is 5.97 Å². The molecule has 14 heavy (non-hydrogen) atoms. The number of halogens is 1. The third kappa shape index (κ3) is 2.82. The minimum Gasteiger partial charge on any atom is -0.480 e. The van der Waals surface area contributed by atoms with Gasteiger partial charge < -0.3 is 10.8 Å². The zero-order valence-corrected chi connectivity index (χ0v) is 9.41. The molecule has 0 saturated carbocycles. The normalized spacial score (nSPS) is 14.8. The summed E-state index contributed by atoms with van der Waals surface area (Å²) >= 11 is 3.31. The van der Waals surface area contributed by atoms with Crippen LogP contribution >= 0.6 is 15.9 Å². The molecule has 0 aliphatic rings. The van der Waals surface area contributed by atoms with E-state index < -0.39 is 11.5 Å². The fourth-order valence-electron chi connectivity index (χ4n) is 1.10. The monoisotopic (exact) mass is 257 g/mol. The van der Waals surface area contributed by atoms with E-state index in [0.717, 1.165) is 10.0 Å². The molecule has 1 atom stereocenters. The second kappa shape index (κ2) is 4.11. The number of carboxylic acid groups (broad SMARTS) is 1. The lowest BCUT2D eigenvalue weighted by molar-refractivity contribution is -0.142. The van der Waals surface area contributed by atoms with Gasteiger partial charge in [0.15, 0.2) is 0 Å². The Bertz CT molecular complexity index is 332. The molecule has 0 fully saturated rings. The van der Waals surface area contributed by atoms with Crippen molar-refractivity contribution < 1.29 is 9.90 Å². The third-order valence-electron chi connectivity index (χ3n) is 1.97. The summed E-state index contributed by atoms with van der Waals surface area (Å²) in [5.41, 5.74) is 5.34. The quantitative estimate of drug-likeness (QED) is 0.868. The molecule has 1 aromatic rings. The van der Waals surface area contributed by atoms with Gasteiger partial charge in [0.25, 0.3) is 0 Å². The van der Waals surface area contributed by atoms with Crippen LogP contribution in [0.4, 0.5) is 0 Å². The van der Waals surface area contributed by atoms with E-state index in [0.29, 0.717) is 6.42 Å². The molecule has 0 aliphatic carbocycles. The minimum absolute atomic E-state index is 0.329. The van der Waals surface area contributed by atoms with E-state index in [1.54, 1.807) is 0 Å². The minimum atomic E-state index is -1.20. The Morgan fingerprint density at radius 3 is 2.43 bits per heavy atom. The van der Waals surface area contributed by atoms with E-state index >= 15 is 0 Å². The number of carboxylic acids is 1. The molecule has 1 rings (SSSR count). The lowest BCUT2D eigenvalue weighted by atomic mass is 9.94. The first-order valence-electron chi connectivity index (χ1n) is 4.18. The van der Waals surface area contributed by atoms with Crippen molar-refractivity contribution in [1.29, 1.82) is 0 Å². The summed E-state index contributed by atoms with van der Waals surface area (Å²) in [4.78, 5) is 10.8. The van der Waals surface area contributed by atoms with E-state index in [-0.39, 0.29) is 0 Å². The Morgan fingerprint density at radius 2 is 2.00 bits per heavy atom. The predicted molar refractivity (Wildman–Crippen MR) is 58.1 cm³/mol. The van der Waals surface area contributed by atoms with Crippen molar-refractivity contribution in [1.82, 2.24) is 0 Å². The number of aliphatic carboxylic acids is 1. The van der Waals surface area contributed by atoms with E-state index in [4.69, 9.17) is 10.8 Å². The highest BCUT2D eigenvalue weighted by atomic mass is 79.9. The fourth-order valence-corrected chi connectivity index (χ4v) is 1.37. The number of hydrogen-bond acceptors (Lipinski definition) is 2. The highest BCUT2D eigenvalue weighted by Gasteiger charge is 2.27. The zero-order valence-electron chi connectivity index (χ0n) is 7.83. The number of rotatable bonds is 3. The van der Waals surface area contributed by atoms with Gasteiger partial charge in [0, 0.05) is 10.9 Å². The molecule has 0 amide bonds. The van der Waals surface area contributed by atoms with Crippen molar-refractivity contribution in [3.05, 3.63) is 34.3 Å². The molecule has 0 aliphatic heterocycles. The Labute approximate surface area is 91.1 Å². The maximum Gasteiger partial charge on any atom is 0.323 e. The van der Waals surface area contributed by atoms with Gasteiger partial charge in [0.05, 0.1) is 0 Å². The number of nitrogens with two attached hydrogens (primary N) is 1. The molecule has 0 heterocycles. The Kier molecular flexibility index (Phi) is 3.29. The second-order valence-electron chi connectivity index (χ2n) is 3.53.